The van der Waals surface area contributed by atoms with Crippen molar-refractivity contribution in [1.29, 1.82) is 0 Å². The van der Waals surface area contributed by atoms with Crippen LogP contribution in [0.25, 0.3) is 22.4 Å². The van der Waals surface area contributed by atoms with Crippen LogP contribution in [0.3, 0.4) is 0 Å². The first-order chi connectivity index (χ1) is 19.6. The van der Waals surface area contributed by atoms with E-state index in [1.54, 1.807) is 37.6 Å². The van der Waals surface area contributed by atoms with Crippen LogP contribution in [0.5, 0.6) is 5.75 Å². The van der Waals surface area contributed by atoms with Crippen LogP contribution >= 0.6 is 0 Å². The molecule has 0 radical (unpaired) electrons. The van der Waals surface area contributed by atoms with Gasteiger partial charge in [-0.05, 0) is 47.5 Å². The normalized spacial score (nSPS) is 14.7. The van der Waals surface area contributed by atoms with Crippen LogP contribution in [0, 0.1) is 0 Å². The van der Waals surface area contributed by atoms with Gasteiger partial charge in [-0.25, -0.2) is 14.8 Å². The number of esters is 1. The molecule has 1 amide bonds. The third-order valence-electron chi connectivity index (χ3n) is 6.81. The second kappa shape index (κ2) is 10.9. The number of pyridine rings is 1. The Balaban J connectivity index is 1.26. The van der Waals surface area contributed by atoms with E-state index in [-0.39, 0.29) is 6.04 Å². The Morgan fingerprint density at radius 2 is 1.73 bits per heavy atom. The number of para-hydroxylation sites is 1. The van der Waals surface area contributed by atoms with Crippen molar-refractivity contribution in [3.05, 3.63) is 120 Å². The average Bonchev–Trinajstić information content (AvgIpc) is 3.71. The lowest BCUT2D eigenvalue weighted by molar-refractivity contribution is -0.136. The molecule has 0 bridgehead atoms. The minimum atomic E-state index is -0.632. The molecule has 0 fully saturated rings. The zero-order chi connectivity index (χ0) is 27.5. The van der Waals surface area contributed by atoms with Crippen molar-refractivity contribution in [1.82, 2.24) is 9.99 Å². The van der Waals surface area contributed by atoms with Crippen LogP contribution in [0.1, 0.15) is 33.9 Å². The van der Waals surface area contributed by atoms with Crippen LogP contribution in [-0.4, -0.2) is 41.3 Å². The monoisotopic (exact) mass is 531 g/mol. The smallest absolute Gasteiger partial charge is 0.339 e. The van der Waals surface area contributed by atoms with Crippen LogP contribution < -0.4 is 4.74 Å². The third-order valence-corrected chi connectivity index (χ3v) is 6.81. The molecule has 1 atom stereocenters. The van der Waals surface area contributed by atoms with Crippen LogP contribution in [0.4, 0.5) is 0 Å². The van der Waals surface area contributed by atoms with E-state index in [2.05, 4.69) is 10.1 Å². The Hall–Kier alpha value is -5.24. The number of nitrogens with zero attached hydrogens (tertiary/aromatic N) is 3. The number of carbonyl (C=O) groups is 2. The minimum absolute atomic E-state index is 0.298. The number of hydrogen-bond acceptors (Lipinski definition) is 7. The Labute approximate surface area is 230 Å². The van der Waals surface area contributed by atoms with Crippen LogP contribution in [-0.2, 0) is 9.53 Å². The Kier molecular flexibility index (Phi) is 6.80. The molecule has 3 heterocycles. The number of benzene rings is 3. The SMILES string of the molecule is COc1ccc(C2CC(c3ccccc3)=NN2C(=O)COC(=O)c2cc(-c3ccco3)nc3ccccc23)cc1. The fourth-order valence-corrected chi connectivity index (χ4v) is 4.80. The summed E-state index contributed by atoms with van der Waals surface area (Å²) in [5.41, 5.74) is 4.03. The van der Waals surface area contributed by atoms with Crippen molar-refractivity contribution in [2.45, 2.75) is 12.5 Å². The predicted molar refractivity (Wildman–Crippen MR) is 150 cm³/mol. The van der Waals surface area contributed by atoms with Crippen molar-refractivity contribution in [2.24, 2.45) is 5.10 Å². The molecule has 1 unspecified atom stereocenters. The summed E-state index contributed by atoms with van der Waals surface area (Å²) in [6.07, 6.45) is 2.07. The summed E-state index contributed by atoms with van der Waals surface area (Å²) in [4.78, 5) is 31.4. The van der Waals surface area contributed by atoms with E-state index < -0.39 is 18.5 Å². The Morgan fingerprint density at radius 3 is 2.48 bits per heavy atom. The van der Waals surface area contributed by atoms with Gasteiger partial charge >= 0.3 is 5.97 Å². The quantitative estimate of drug-likeness (QED) is 0.238. The van der Waals surface area contributed by atoms with Gasteiger partial charge in [-0.3, -0.25) is 4.79 Å². The maximum atomic E-state index is 13.5. The highest BCUT2D eigenvalue weighted by atomic mass is 16.5. The molecule has 6 rings (SSSR count). The number of hydrazone groups is 1. The van der Waals surface area contributed by atoms with Gasteiger partial charge in [0.25, 0.3) is 5.91 Å². The van der Waals surface area contributed by atoms with Gasteiger partial charge in [0.05, 0.1) is 36.2 Å². The van der Waals surface area contributed by atoms with E-state index in [4.69, 9.17) is 13.9 Å². The van der Waals surface area contributed by atoms with Crippen molar-refractivity contribution >= 4 is 28.5 Å². The summed E-state index contributed by atoms with van der Waals surface area (Å²) in [6, 6.07) is 29.3. The fraction of sp³-hybridized carbons (Fsp3) is 0.125. The molecule has 5 aromatic rings. The number of hydrogen-bond donors (Lipinski definition) is 0. The standard InChI is InChI=1S/C32H25N3O5/c1-38-23-15-13-22(14-16-23)29-19-27(21-8-3-2-4-9-21)34-35(29)31(36)20-40-32(37)25-18-28(30-12-7-17-39-30)33-26-11-6-5-10-24(25)26/h2-18,29H,19-20H2,1H3. The molecule has 0 saturated carbocycles. The third kappa shape index (κ3) is 4.94. The summed E-state index contributed by atoms with van der Waals surface area (Å²) in [6.45, 7) is -0.468. The average molecular weight is 532 g/mol. The van der Waals surface area contributed by atoms with E-state index in [1.807, 2.05) is 72.8 Å². The number of carbonyl (C=O) groups excluding carboxylic acids is 2. The first-order valence-corrected chi connectivity index (χ1v) is 12.8. The highest BCUT2D eigenvalue weighted by Gasteiger charge is 2.33. The molecule has 0 N–H and O–H groups in total. The van der Waals surface area contributed by atoms with Crippen molar-refractivity contribution in [2.75, 3.05) is 13.7 Å². The van der Waals surface area contributed by atoms with Crippen molar-refractivity contribution < 1.29 is 23.5 Å². The maximum Gasteiger partial charge on any atom is 0.339 e. The Bertz CT molecular complexity index is 1700. The summed E-state index contributed by atoms with van der Waals surface area (Å²) in [7, 11) is 1.61. The highest BCUT2D eigenvalue weighted by Crippen LogP contribution is 2.34. The van der Waals surface area contributed by atoms with Gasteiger partial charge in [0.1, 0.15) is 11.4 Å². The van der Waals surface area contributed by atoms with Crippen LogP contribution in [0.2, 0.25) is 0 Å². The van der Waals surface area contributed by atoms with Gasteiger partial charge in [0, 0.05) is 11.8 Å². The molecule has 0 saturated heterocycles. The molecule has 198 valence electrons. The first-order valence-electron chi connectivity index (χ1n) is 12.8. The molecule has 8 heteroatoms. The second-order valence-corrected chi connectivity index (χ2v) is 9.27. The maximum absolute atomic E-state index is 13.5. The number of amides is 1. The molecule has 0 aliphatic carbocycles. The van der Waals surface area contributed by atoms with Crippen LogP contribution in [0.15, 0.2) is 113 Å². The molecule has 1 aliphatic heterocycles. The number of furan rings is 1. The van der Waals surface area contributed by atoms with Gasteiger partial charge in [0.2, 0.25) is 0 Å². The Morgan fingerprint density at radius 1 is 0.950 bits per heavy atom. The molecular formula is C32H25N3O5. The van der Waals surface area contributed by atoms with Gasteiger partial charge in [0.15, 0.2) is 12.4 Å². The van der Waals surface area contributed by atoms with E-state index in [0.29, 0.717) is 34.3 Å². The second-order valence-electron chi connectivity index (χ2n) is 9.27. The number of methoxy groups -OCH3 is 1. The largest absolute Gasteiger partial charge is 0.497 e. The minimum Gasteiger partial charge on any atom is -0.497 e. The first kappa shape index (κ1) is 25.1. The van der Waals surface area contributed by atoms with Gasteiger partial charge < -0.3 is 13.9 Å². The topological polar surface area (TPSA) is 94.2 Å². The lowest BCUT2D eigenvalue weighted by atomic mass is 9.98. The fourth-order valence-electron chi connectivity index (χ4n) is 4.80. The number of fused-ring (bicyclic) bond motifs is 1. The summed E-state index contributed by atoms with van der Waals surface area (Å²) < 4.78 is 16.3. The zero-order valence-corrected chi connectivity index (χ0v) is 21.7. The van der Waals surface area contributed by atoms with E-state index >= 15 is 0 Å². The summed E-state index contributed by atoms with van der Waals surface area (Å²) in [5.74, 6) is 0.186. The molecule has 40 heavy (non-hydrogen) atoms. The van der Waals surface area contributed by atoms with E-state index in [9.17, 15) is 9.59 Å². The van der Waals surface area contributed by atoms with E-state index in [1.165, 1.54) is 5.01 Å². The molecular weight excluding hydrogens is 506 g/mol. The highest BCUT2D eigenvalue weighted by molar-refractivity contribution is 6.05. The summed E-state index contributed by atoms with van der Waals surface area (Å²) in [5, 5.41) is 6.70. The summed E-state index contributed by atoms with van der Waals surface area (Å²) >= 11 is 0. The zero-order valence-electron chi connectivity index (χ0n) is 21.7. The molecule has 1 aliphatic rings. The van der Waals surface area contributed by atoms with Gasteiger partial charge in [-0.15, -0.1) is 0 Å². The number of rotatable bonds is 7. The van der Waals surface area contributed by atoms with Crippen molar-refractivity contribution in [3.63, 3.8) is 0 Å². The van der Waals surface area contributed by atoms with Gasteiger partial charge in [-0.2, -0.15) is 5.10 Å². The van der Waals surface area contributed by atoms with Gasteiger partial charge in [-0.1, -0.05) is 60.7 Å². The predicted octanol–water partition coefficient (Wildman–Crippen LogP) is 6.04. The molecule has 0 spiro atoms. The lowest BCUT2D eigenvalue weighted by Gasteiger charge is -2.22. The van der Waals surface area contributed by atoms with E-state index in [0.717, 1.165) is 22.6 Å². The molecule has 2 aromatic heterocycles. The van der Waals surface area contributed by atoms with Crippen molar-refractivity contribution in [3.8, 4) is 17.2 Å². The lowest BCUT2D eigenvalue weighted by Crippen LogP contribution is -2.31. The number of ether oxygens (including phenoxy) is 2. The molecule has 3 aromatic carbocycles. The number of aromatic nitrogens is 1. The molecule has 8 nitrogen and oxygen atoms in total.